The second-order valence-electron chi connectivity index (χ2n) is 3.49. The molecule has 0 aliphatic carbocycles. The van der Waals surface area contributed by atoms with Crippen LogP contribution in [-0.2, 0) is 0 Å². The average Bonchev–Trinajstić information content (AvgIpc) is 2.25. The van der Waals surface area contributed by atoms with Crippen molar-refractivity contribution in [3.8, 4) is 5.75 Å². The molecule has 0 aliphatic heterocycles. The molecule has 0 aromatic heterocycles. The molecule has 1 aromatic carbocycles. The Balaban J connectivity index is 2.77. The van der Waals surface area contributed by atoms with E-state index in [0.717, 1.165) is 11.6 Å². The van der Waals surface area contributed by atoms with Crippen molar-refractivity contribution in [3.05, 3.63) is 41.7 Å². The van der Waals surface area contributed by atoms with Crippen molar-refractivity contribution in [2.45, 2.75) is 6.92 Å². The molecule has 0 unspecified atom stereocenters. The lowest BCUT2D eigenvalue weighted by Gasteiger charge is -2.06. The van der Waals surface area contributed by atoms with Crippen molar-refractivity contribution in [2.75, 3.05) is 13.7 Å². The third-order valence-corrected chi connectivity index (χ3v) is 1.96. The summed E-state index contributed by atoms with van der Waals surface area (Å²) >= 11 is 0. The molecule has 0 bridgehead atoms. The first kappa shape index (κ1) is 12.2. The summed E-state index contributed by atoms with van der Waals surface area (Å²) in [7, 11) is 1.37. The van der Waals surface area contributed by atoms with E-state index in [-0.39, 0.29) is 17.2 Å². The molecule has 0 heterocycles. The topological polar surface area (TPSA) is 38.3 Å². The number of ether oxygens (including phenoxy) is 1. The van der Waals surface area contributed by atoms with Crippen LogP contribution in [0.2, 0.25) is 0 Å². The lowest BCUT2D eigenvalue weighted by atomic mass is 10.2. The Morgan fingerprint density at radius 3 is 2.75 bits per heavy atom. The molecule has 0 atom stereocenters. The Hall–Kier alpha value is -1.84. The molecule has 3 nitrogen and oxygen atoms in total. The number of carbonyl (C=O) groups is 1. The summed E-state index contributed by atoms with van der Waals surface area (Å²) in [6.07, 6.45) is 0. The van der Waals surface area contributed by atoms with Gasteiger partial charge in [0.25, 0.3) is 5.91 Å². The number of benzene rings is 1. The Bertz CT molecular complexity index is 415. The van der Waals surface area contributed by atoms with Gasteiger partial charge in [-0.05, 0) is 25.1 Å². The number of carbonyl (C=O) groups excluding carboxylic acids is 1. The first-order valence-electron chi connectivity index (χ1n) is 4.80. The van der Waals surface area contributed by atoms with Gasteiger partial charge in [0.05, 0.1) is 7.11 Å². The van der Waals surface area contributed by atoms with E-state index in [0.29, 0.717) is 6.54 Å². The minimum Gasteiger partial charge on any atom is -0.494 e. The number of rotatable bonds is 4. The monoisotopic (exact) mass is 223 g/mol. The van der Waals surface area contributed by atoms with Crippen molar-refractivity contribution < 1.29 is 13.9 Å². The van der Waals surface area contributed by atoms with Crippen molar-refractivity contribution in [1.82, 2.24) is 5.32 Å². The zero-order valence-electron chi connectivity index (χ0n) is 9.34. The molecule has 4 heteroatoms. The lowest BCUT2D eigenvalue weighted by Crippen LogP contribution is -2.24. The maximum absolute atomic E-state index is 13.3. The number of amides is 1. The minimum atomic E-state index is -0.550. The summed E-state index contributed by atoms with van der Waals surface area (Å²) in [5.74, 6) is -0.758. The normalized spacial score (nSPS) is 9.69. The molecule has 0 aliphatic rings. The van der Waals surface area contributed by atoms with Gasteiger partial charge in [0, 0.05) is 12.1 Å². The quantitative estimate of drug-likeness (QED) is 0.794. The molecule has 0 spiro atoms. The van der Waals surface area contributed by atoms with E-state index in [1.54, 1.807) is 6.92 Å². The van der Waals surface area contributed by atoms with E-state index in [2.05, 4.69) is 11.9 Å². The Kier molecular flexibility index (Phi) is 4.05. The van der Waals surface area contributed by atoms with Crippen LogP contribution in [0.25, 0.3) is 0 Å². The Labute approximate surface area is 93.9 Å². The molecule has 0 radical (unpaired) electrons. The highest BCUT2D eigenvalue weighted by Crippen LogP contribution is 2.17. The van der Waals surface area contributed by atoms with Crippen LogP contribution in [0, 0.1) is 5.82 Å². The van der Waals surface area contributed by atoms with E-state index in [1.807, 2.05) is 0 Å². The minimum absolute atomic E-state index is 0.122. The van der Waals surface area contributed by atoms with Crippen molar-refractivity contribution in [2.24, 2.45) is 0 Å². The fourth-order valence-corrected chi connectivity index (χ4v) is 1.14. The predicted molar refractivity (Wildman–Crippen MR) is 60.1 cm³/mol. The second-order valence-corrected chi connectivity index (χ2v) is 3.49. The first-order valence-corrected chi connectivity index (χ1v) is 4.80. The highest BCUT2D eigenvalue weighted by molar-refractivity contribution is 5.94. The van der Waals surface area contributed by atoms with E-state index < -0.39 is 5.82 Å². The van der Waals surface area contributed by atoms with Gasteiger partial charge in [0.2, 0.25) is 0 Å². The summed E-state index contributed by atoms with van der Waals surface area (Å²) in [5.41, 5.74) is 1.10. The molecule has 16 heavy (non-hydrogen) atoms. The lowest BCUT2D eigenvalue weighted by molar-refractivity contribution is 0.0956. The molecular formula is C12H14FNO2. The molecule has 1 N–H and O–H groups in total. The van der Waals surface area contributed by atoms with Gasteiger partial charge in [0.15, 0.2) is 11.6 Å². The summed E-state index contributed by atoms with van der Waals surface area (Å²) in [5, 5.41) is 2.62. The molecule has 1 amide bonds. The van der Waals surface area contributed by atoms with Gasteiger partial charge in [0.1, 0.15) is 0 Å². The van der Waals surface area contributed by atoms with Gasteiger partial charge in [-0.25, -0.2) is 4.39 Å². The van der Waals surface area contributed by atoms with Crippen LogP contribution in [0.5, 0.6) is 5.75 Å². The van der Waals surface area contributed by atoms with Crippen LogP contribution in [-0.4, -0.2) is 19.6 Å². The fourth-order valence-electron chi connectivity index (χ4n) is 1.14. The predicted octanol–water partition coefficient (Wildman–Crippen LogP) is 2.14. The third-order valence-electron chi connectivity index (χ3n) is 1.96. The van der Waals surface area contributed by atoms with Crippen LogP contribution in [0.1, 0.15) is 17.3 Å². The SMILES string of the molecule is C=C(C)CNC(=O)c1ccc(OC)c(F)c1. The Morgan fingerprint density at radius 2 is 2.25 bits per heavy atom. The molecule has 0 saturated heterocycles. The van der Waals surface area contributed by atoms with Gasteiger partial charge in [-0.3, -0.25) is 4.79 Å². The molecule has 86 valence electrons. The van der Waals surface area contributed by atoms with Gasteiger partial charge in [-0.2, -0.15) is 0 Å². The van der Waals surface area contributed by atoms with Crippen molar-refractivity contribution in [1.29, 1.82) is 0 Å². The zero-order valence-corrected chi connectivity index (χ0v) is 9.34. The third kappa shape index (κ3) is 3.08. The number of methoxy groups -OCH3 is 1. The van der Waals surface area contributed by atoms with E-state index >= 15 is 0 Å². The molecule has 0 saturated carbocycles. The standard InChI is InChI=1S/C12H14FNO2/c1-8(2)7-14-12(15)9-4-5-11(16-3)10(13)6-9/h4-6H,1,7H2,2-3H3,(H,14,15). The fraction of sp³-hybridized carbons (Fsp3) is 0.250. The molecular weight excluding hydrogens is 209 g/mol. The number of halogens is 1. The van der Waals surface area contributed by atoms with Crippen LogP contribution >= 0.6 is 0 Å². The van der Waals surface area contributed by atoms with E-state index in [4.69, 9.17) is 4.74 Å². The number of nitrogens with one attached hydrogen (secondary N) is 1. The Morgan fingerprint density at radius 1 is 1.56 bits per heavy atom. The summed E-state index contributed by atoms with van der Waals surface area (Å²) in [4.78, 5) is 11.5. The smallest absolute Gasteiger partial charge is 0.251 e. The maximum atomic E-state index is 13.3. The highest BCUT2D eigenvalue weighted by atomic mass is 19.1. The van der Waals surface area contributed by atoms with Crippen LogP contribution in [0.15, 0.2) is 30.4 Å². The summed E-state index contributed by atoms with van der Waals surface area (Å²) in [6.45, 7) is 5.84. The van der Waals surface area contributed by atoms with Gasteiger partial charge in [-0.15, -0.1) is 0 Å². The van der Waals surface area contributed by atoms with Crippen LogP contribution in [0.3, 0.4) is 0 Å². The van der Waals surface area contributed by atoms with Crippen molar-refractivity contribution in [3.63, 3.8) is 0 Å². The van der Waals surface area contributed by atoms with Crippen LogP contribution < -0.4 is 10.1 Å². The van der Waals surface area contributed by atoms with E-state index in [1.165, 1.54) is 19.2 Å². The average molecular weight is 223 g/mol. The summed E-state index contributed by atoms with van der Waals surface area (Å²) in [6, 6.07) is 4.08. The van der Waals surface area contributed by atoms with Gasteiger partial charge < -0.3 is 10.1 Å². The maximum Gasteiger partial charge on any atom is 0.251 e. The highest BCUT2D eigenvalue weighted by Gasteiger charge is 2.09. The second kappa shape index (κ2) is 5.30. The zero-order chi connectivity index (χ0) is 12.1. The number of hydrogen-bond donors (Lipinski definition) is 1. The largest absolute Gasteiger partial charge is 0.494 e. The molecule has 1 rings (SSSR count). The van der Waals surface area contributed by atoms with E-state index in [9.17, 15) is 9.18 Å². The first-order chi connectivity index (χ1) is 7.54. The van der Waals surface area contributed by atoms with Gasteiger partial charge >= 0.3 is 0 Å². The van der Waals surface area contributed by atoms with Crippen molar-refractivity contribution >= 4 is 5.91 Å². The number of hydrogen-bond acceptors (Lipinski definition) is 2. The van der Waals surface area contributed by atoms with Gasteiger partial charge in [-0.1, -0.05) is 12.2 Å². The molecule has 0 fully saturated rings. The van der Waals surface area contributed by atoms with Crippen LogP contribution in [0.4, 0.5) is 4.39 Å². The molecule has 1 aromatic rings. The summed E-state index contributed by atoms with van der Waals surface area (Å²) < 4.78 is 18.0.